The van der Waals surface area contributed by atoms with E-state index in [4.69, 9.17) is 5.11 Å². The number of nitrogens with zero attached hydrogens (tertiary/aromatic N) is 2. The van der Waals surface area contributed by atoms with Crippen LogP contribution in [0.1, 0.15) is 6.92 Å². The molecule has 0 saturated carbocycles. The van der Waals surface area contributed by atoms with Crippen LogP contribution >= 0.6 is 11.8 Å². The molecule has 1 saturated heterocycles. The normalized spacial score (nSPS) is 18.4. The summed E-state index contributed by atoms with van der Waals surface area (Å²) in [7, 11) is 1.53. The van der Waals surface area contributed by atoms with E-state index in [0.29, 0.717) is 13.1 Å². The summed E-state index contributed by atoms with van der Waals surface area (Å²) in [5.74, 6) is 0.888. The Balaban J connectivity index is 2.54. The molecule has 0 aliphatic carbocycles. The highest BCUT2D eigenvalue weighted by Gasteiger charge is 2.26. The molecule has 1 fully saturated rings. The van der Waals surface area contributed by atoms with Crippen molar-refractivity contribution < 1.29 is 14.7 Å². The molecule has 1 unspecified atom stereocenters. The quantitative estimate of drug-likeness (QED) is 0.755. The molecule has 0 radical (unpaired) electrons. The van der Waals surface area contributed by atoms with Gasteiger partial charge in [-0.05, 0) is 6.92 Å². The van der Waals surface area contributed by atoms with Gasteiger partial charge < -0.3 is 14.9 Å². The fraction of sp³-hybridized carbons (Fsp3) is 0.778. The lowest BCUT2D eigenvalue weighted by atomic mass is 10.3. The van der Waals surface area contributed by atoms with Crippen molar-refractivity contribution in [3.63, 3.8) is 0 Å². The third kappa shape index (κ3) is 3.02. The number of rotatable bonds is 2. The van der Waals surface area contributed by atoms with Gasteiger partial charge in [-0.2, -0.15) is 11.8 Å². The molecule has 0 aromatic carbocycles. The predicted molar refractivity (Wildman–Crippen MR) is 59.2 cm³/mol. The van der Waals surface area contributed by atoms with Crippen LogP contribution in [-0.4, -0.2) is 64.6 Å². The highest BCUT2D eigenvalue weighted by molar-refractivity contribution is 7.99. The Hall–Kier alpha value is -0.910. The van der Waals surface area contributed by atoms with Gasteiger partial charge in [-0.1, -0.05) is 0 Å². The molecule has 86 valence electrons. The fourth-order valence-corrected chi connectivity index (χ4v) is 2.21. The first kappa shape index (κ1) is 12.2. The van der Waals surface area contributed by atoms with Crippen LogP contribution in [0.4, 0.5) is 4.79 Å². The number of thioether (sulfide) groups is 1. The number of hydrogen-bond donors (Lipinski definition) is 1. The highest BCUT2D eigenvalue weighted by atomic mass is 32.2. The first-order chi connectivity index (χ1) is 7.04. The van der Waals surface area contributed by atoms with Crippen LogP contribution in [0.3, 0.4) is 0 Å². The molecule has 0 spiro atoms. The average Bonchev–Trinajstić information content (AvgIpc) is 2.27. The number of carbonyl (C=O) groups excluding carboxylic acids is 1. The maximum Gasteiger partial charge on any atom is 0.326 e. The average molecular weight is 232 g/mol. The Kier molecular flexibility index (Phi) is 4.26. The molecule has 1 aliphatic rings. The van der Waals surface area contributed by atoms with E-state index < -0.39 is 12.0 Å². The number of amides is 2. The Labute approximate surface area is 93.4 Å². The second-order valence-electron chi connectivity index (χ2n) is 3.51. The highest BCUT2D eigenvalue weighted by Crippen LogP contribution is 2.11. The van der Waals surface area contributed by atoms with Gasteiger partial charge >= 0.3 is 12.0 Å². The summed E-state index contributed by atoms with van der Waals surface area (Å²) in [5, 5.41) is 8.78. The summed E-state index contributed by atoms with van der Waals surface area (Å²) in [4.78, 5) is 25.5. The van der Waals surface area contributed by atoms with Gasteiger partial charge in [-0.25, -0.2) is 9.59 Å². The van der Waals surface area contributed by atoms with Gasteiger partial charge in [0.25, 0.3) is 0 Å². The third-order valence-corrected chi connectivity index (χ3v) is 3.46. The summed E-state index contributed by atoms with van der Waals surface area (Å²) in [6, 6.07) is -0.961. The number of aliphatic carboxylic acids is 1. The molecule has 1 aliphatic heterocycles. The zero-order valence-corrected chi connectivity index (χ0v) is 9.79. The smallest absolute Gasteiger partial charge is 0.326 e. The van der Waals surface area contributed by atoms with Gasteiger partial charge in [0.2, 0.25) is 0 Å². The fourth-order valence-electron chi connectivity index (χ4n) is 1.31. The van der Waals surface area contributed by atoms with Crippen molar-refractivity contribution in [2.24, 2.45) is 0 Å². The molecule has 5 nitrogen and oxygen atoms in total. The predicted octanol–water partition coefficient (Wildman–Crippen LogP) is 0.560. The van der Waals surface area contributed by atoms with Gasteiger partial charge in [0, 0.05) is 31.6 Å². The Morgan fingerprint density at radius 2 is 1.93 bits per heavy atom. The lowest BCUT2D eigenvalue weighted by Crippen LogP contribution is -2.50. The number of hydrogen-bond acceptors (Lipinski definition) is 3. The monoisotopic (exact) mass is 232 g/mol. The number of likely N-dealkylation sites (N-methyl/N-ethyl adjacent to an activating group) is 1. The zero-order valence-electron chi connectivity index (χ0n) is 8.97. The van der Waals surface area contributed by atoms with Gasteiger partial charge in [0.1, 0.15) is 6.04 Å². The van der Waals surface area contributed by atoms with Gasteiger partial charge in [0.05, 0.1) is 0 Å². The number of carboxylic acid groups (broad SMARTS) is 1. The summed E-state index contributed by atoms with van der Waals surface area (Å²) in [6.45, 7) is 2.93. The molecule has 1 rings (SSSR count). The number of urea groups is 1. The zero-order chi connectivity index (χ0) is 11.4. The minimum absolute atomic E-state index is 0.190. The molecule has 0 aromatic rings. The van der Waals surface area contributed by atoms with Crippen molar-refractivity contribution >= 4 is 23.8 Å². The Bertz CT molecular complexity index is 254. The summed E-state index contributed by atoms with van der Waals surface area (Å²) < 4.78 is 0. The molecule has 15 heavy (non-hydrogen) atoms. The SMILES string of the molecule is CC(C(=O)O)N(C)C(=O)N1CCSCC1. The van der Waals surface area contributed by atoms with E-state index in [1.807, 2.05) is 11.8 Å². The Morgan fingerprint density at radius 3 is 2.40 bits per heavy atom. The maximum atomic E-state index is 11.8. The van der Waals surface area contributed by atoms with Crippen molar-refractivity contribution in [2.45, 2.75) is 13.0 Å². The van der Waals surface area contributed by atoms with E-state index in [9.17, 15) is 9.59 Å². The second-order valence-corrected chi connectivity index (χ2v) is 4.73. The largest absolute Gasteiger partial charge is 0.480 e. The molecule has 6 heteroatoms. The summed E-state index contributed by atoms with van der Waals surface area (Å²) in [6.07, 6.45) is 0. The first-order valence-electron chi connectivity index (χ1n) is 4.86. The van der Waals surface area contributed by atoms with E-state index >= 15 is 0 Å². The van der Waals surface area contributed by atoms with Crippen LogP contribution in [0.25, 0.3) is 0 Å². The van der Waals surface area contributed by atoms with E-state index in [2.05, 4.69) is 0 Å². The van der Waals surface area contributed by atoms with Gasteiger partial charge in [0.15, 0.2) is 0 Å². The number of carbonyl (C=O) groups is 2. The standard InChI is InChI=1S/C9H16N2O3S/c1-7(8(12)13)10(2)9(14)11-3-5-15-6-4-11/h7H,3-6H2,1-2H3,(H,12,13). The van der Waals surface area contributed by atoms with Crippen molar-refractivity contribution in [1.82, 2.24) is 9.80 Å². The minimum Gasteiger partial charge on any atom is -0.480 e. The van der Waals surface area contributed by atoms with Gasteiger partial charge in [-0.3, -0.25) is 0 Å². The summed E-state index contributed by atoms with van der Waals surface area (Å²) in [5.41, 5.74) is 0. The van der Waals surface area contributed by atoms with Crippen molar-refractivity contribution in [3.8, 4) is 0 Å². The summed E-state index contributed by atoms with van der Waals surface area (Å²) >= 11 is 1.81. The topological polar surface area (TPSA) is 60.9 Å². The van der Waals surface area contributed by atoms with Crippen molar-refractivity contribution in [1.29, 1.82) is 0 Å². The van der Waals surface area contributed by atoms with Crippen LogP contribution in [-0.2, 0) is 4.79 Å². The van der Waals surface area contributed by atoms with Crippen molar-refractivity contribution in [3.05, 3.63) is 0 Å². The molecule has 1 heterocycles. The van der Waals surface area contributed by atoms with E-state index in [0.717, 1.165) is 11.5 Å². The lowest BCUT2D eigenvalue weighted by Gasteiger charge is -2.32. The lowest BCUT2D eigenvalue weighted by molar-refractivity contribution is -0.141. The first-order valence-corrected chi connectivity index (χ1v) is 6.02. The van der Waals surface area contributed by atoms with E-state index in [1.54, 1.807) is 4.90 Å². The van der Waals surface area contributed by atoms with Crippen LogP contribution in [0, 0.1) is 0 Å². The van der Waals surface area contributed by atoms with Gasteiger partial charge in [-0.15, -0.1) is 0 Å². The molecule has 1 N–H and O–H groups in total. The van der Waals surface area contributed by atoms with Crippen LogP contribution < -0.4 is 0 Å². The molecule has 1 atom stereocenters. The number of carboxylic acids is 1. The van der Waals surface area contributed by atoms with Crippen LogP contribution in [0.5, 0.6) is 0 Å². The van der Waals surface area contributed by atoms with Crippen LogP contribution in [0.2, 0.25) is 0 Å². The minimum atomic E-state index is -0.975. The molecular weight excluding hydrogens is 216 g/mol. The van der Waals surface area contributed by atoms with Crippen molar-refractivity contribution in [2.75, 3.05) is 31.6 Å². The molecule has 0 aromatic heterocycles. The third-order valence-electron chi connectivity index (χ3n) is 2.52. The molecule has 0 bridgehead atoms. The maximum absolute atomic E-state index is 11.8. The van der Waals surface area contributed by atoms with E-state index in [-0.39, 0.29) is 6.03 Å². The molecular formula is C9H16N2O3S. The Morgan fingerprint density at radius 1 is 1.40 bits per heavy atom. The molecule has 2 amide bonds. The van der Waals surface area contributed by atoms with E-state index in [1.165, 1.54) is 18.9 Å². The van der Waals surface area contributed by atoms with Crippen LogP contribution in [0.15, 0.2) is 0 Å². The second kappa shape index (κ2) is 5.25.